The van der Waals surface area contributed by atoms with Crippen molar-refractivity contribution in [1.82, 2.24) is 14.3 Å². The van der Waals surface area contributed by atoms with Gasteiger partial charge in [0.2, 0.25) is 10.0 Å². The Morgan fingerprint density at radius 3 is 2.27 bits per heavy atom. The second-order valence-corrected chi connectivity index (χ2v) is 7.88. The van der Waals surface area contributed by atoms with E-state index in [1.807, 2.05) is 4.98 Å². The van der Waals surface area contributed by atoms with Crippen LogP contribution in [-0.4, -0.2) is 41.7 Å². The number of benzene rings is 1. The summed E-state index contributed by atoms with van der Waals surface area (Å²) < 4.78 is 26.6. The van der Waals surface area contributed by atoms with Gasteiger partial charge in [-0.05, 0) is 37.1 Å². The van der Waals surface area contributed by atoms with Crippen molar-refractivity contribution in [3.8, 4) is 0 Å². The van der Waals surface area contributed by atoms with Gasteiger partial charge in [0, 0.05) is 24.7 Å². The molecule has 0 aliphatic carbocycles. The number of carbonyl (C=O) groups excluding carboxylic acids is 1. The van der Waals surface area contributed by atoms with Gasteiger partial charge >= 0.3 is 5.69 Å². The molecule has 1 saturated heterocycles. The smallest absolute Gasteiger partial charge is 0.308 e. The molecule has 138 valence electrons. The largest absolute Gasteiger partial charge is 0.327 e. The molecule has 1 aliphatic heterocycles. The summed E-state index contributed by atoms with van der Waals surface area (Å²) >= 11 is 0. The Labute approximate surface area is 149 Å². The van der Waals surface area contributed by atoms with E-state index in [2.05, 4.69) is 10.3 Å². The SMILES string of the molecule is O=C(Nc1cc(=O)[nH]c(=O)[nH]1)c1ccc(S(=O)(=O)N2CCCCC2)cc1. The zero-order chi connectivity index (χ0) is 18.7. The van der Waals surface area contributed by atoms with Gasteiger partial charge in [-0.15, -0.1) is 0 Å². The molecule has 2 heterocycles. The van der Waals surface area contributed by atoms with E-state index >= 15 is 0 Å². The number of aromatic amines is 2. The van der Waals surface area contributed by atoms with Crippen LogP contribution >= 0.6 is 0 Å². The van der Waals surface area contributed by atoms with E-state index < -0.39 is 27.2 Å². The molecule has 1 aliphatic rings. The number of hydrogen-bond acceptors (Lipinski definition) is 5. The lowest BCUT2D eigenvalue weighted by Gasteiger charge is -2.25. The fraction of sp³-hybridized carbons (Fsp3) is 0.312. The van der Waals surface area contributed by atoms with Gasteiger partial charge in [-0.3, -0.25) is 19.6 Å². The Kier molecular flexibility index (Phi) is 5.05. The Bertz CT molecular complexity index is 989. The van der Waals surface area contributed by atoms with E-state index in [0.717, 1.165) is 25.3 Å². The number of sulfonamides is 1. The number of nitrogens with one attached hydrogen (secondary N) is 3. The summed E-state index contributed by atoms with van der Waals surface area (Å²) in [4.78, 5) is 39.0. The lowest BCUT2D eigenvalue weighted by Crippen LogP contribution is -2.35. The zero-order valence-electron chi connectivity index (χ0n) is 13.8. The van der Waals surface area contributed by atoms with Gasteiger partial charge in [-0.25, -0.2) is 13.2 Å². The molecular weight excluding hydrogens is 360 g/mol. The van der Waals surface area contributed by atoms with Crippen LogP contribution in [0.3, 0.4) is 0 Å². The van der Waals surface area contributed by atoms with E-state index in [9.17, 15) is 22.8 Å². The molecule has 1 aromatic carbocycles. The first-order chi connectivity index (χ1) is 12.4. The quantitative estimate of drug-likeness (QED) is 0.712. The molecule has 1 amide bonds. The molecule has 0 saturated carbocycles. The minimum Gasteiger partial charge on any atom is -0.308 e. The Balaban J connectivity index is 1.77. The Hall–Kier alpha value is -2.72. The summed E-state index contributed by atoms with van der Waals surface area (Å²) in [6.45, 7) is 1.00. The third-order valence-electron chi connectivity index (χ3n) is 4.08. The number of anilines is 1. The maximum atomic E-state index is 12.6. The van der Waals surface area contributed by atoms with Gasteiger partial charge in [-0.1, -0.05) is 6.42 Å². The van der Waals surface area contributed by atoms with Crippen LogP contribution < -0.4 is 16.6 Å². The van der Waals surface area contributed by atoms with Gasteiger partial charge in [0.1, 0.15) is 5.82 Å². The highest BCUT2D eigenvalue weighted by atomic mass is 32.2. The molecule has 1 aromatic heterocycles. The fourth-order valence-electron chi connectivity index (χ4n) is 2.76. The maximum Gasteiger partial charge on any atom is 0.327 e. The van der Waals surface area contributed by atoms with Crippen LogP contribution in [0.15, 0.2) is 44.8 Å². The number of nitrogens with zero attached hydrogens (tertiary/aromatic N) is 1. The summed E-state index contributed by atoms with van der Waals surface area (Å²) in [5.41, 5.74) is -1.19. The number of carbonyl (C=O) groups is 1. The summed E-state index contributed by atoms with van der Waals surface area (Å²) in [5.74, 6) is -0.623. The molecule has 10 heteroatoms. The molecular formula is C16H18N4O5S. The van der Waals surface area contributed by atoms with Crippen LogP contribution in [0.4, 0.5) is 5.82 Å². The molecule has 0 atom stereocenters. The van der Waals surface area contributed by atoms with E-state index in [0.29, 0.717) is 13.1 Å². The van der Waals surface area contributed by atoms with E-state index in [1.165, 1.54) is 28.6 Å². The van der Waals surface area contributed by atoms with Crippen molar-refractivity contribution >= 4 is 21.7 Å². The number of hydrogen-bond donors (Lipinski definition) is 3. The predicted molar refractivity (Wildman–Crippen MR) is 94.7 cm³/mol. The fourth-order valence-corrected chi connectivity index (χ4v) is 4.28. The molecule has 0 radical (unpaired) electrons. The lowest BCUT2D eigenvalue weighted by atomic mass is 10.2. The van der Waals surface area contributed by atoms with Crippen molar-refractivity contribution < 1.29 is 13.2 Å². The van der Waals surface area contributed by atoms with Crippen molar-refractivity contribution in [1.29, 1.82) is 0 Å². The average molecular weight is 378 g/mol. The normalized spacial score (nSPS) is 15.5. The molecule has 0 spiro atoms. The number of amides is 1. The first kappa shape index (κ1) is 18.1. The van der Waals surface area contributed by atoms with Gasteiger partial charge in [0.25, 0.3) is 11.5 Å². The van der Waals surface area contributed by atoms with Crippen molar-refractivity contribution in [3.63, 3.8) is 0 Å². The van der Waals surface area contributed by atoms with Crippen molar-refractivity contribution in [3.05, 3.63) is 56.7 Å². The van der Waals surface area contributed by atoms with E-state index in [4.69, 9.17) is 0 Å². The summed E-state index contributed by atoms with van der Waals surface area (Å²) in [6.07, 6.45) is 2.71. The summed E-state index contributed by atoms with van der Waals surface area (Å²) in [7, 11) is -3.57. The monoisotopic (exact) mass is 378 g/mol. The minimum atomic E-state index is -3.57. The molecule has 0 bridgehead atoms. The highest BCUT2D eigenvalue weighted by Gasteiger charge is 2.25. The number of rotatable bonds is 4. The third-order valence-corrected chi connectivity index (χ3v) is 5.99. The second-order valence-electron chi connectivity index (χ2n) is 5.94. The van der Waals surface area contributed by atoms with Gasteiger partial charge in [0.15, 0.2) is 0 Å². The highest BCUT2D eigenvalue weighted by Crippen LogP contribution is 2.21. The molecule has 2 aromatic rings. The molecule has 9 nitrogen and oxygen atoms in total. The lowest BCUT2D eigenvalue weighted by molar-refractivity contribution is 0.102. The van der Waals surface area contributed by atoms with Gasteiger partial charge in [-0.2, -0.15) is 4.31 Å². The molecule has 1 fully saturated rings. The number of aromatic nitrogens is 2. The van der Waals surface area contributed by atoms with Crippen LogP contribution in [0, 0.1) is 0 Å². The third kappa shape index (κ3) is 3.92. The molecule has 3 N–H and O–H groups in total. The average Bonchev–Trinajstić information content (AvgIpc) is 2.61. The first-order valence-corrected chi connectivity index (χ1v) is 9.55. The van der Waals surface area contributed by atoms with E-state index in [1.54, 1.807) is 0 Å². The van der Waals surface area contributed by atoms with Crippen molar-refractivity contribution in [2.75, 3.05) is 18.4 Å². The van der Waals surface area contributed by atoms with Gasteiger partial charge in [0.05, 0.1) is 4.90 Å². The van der Waals surface area contributed by atoms with Crippen LogP contribution in [-0.2, 0) is 10.0 Å². The minimum absolute atomic E-state index is 0.0474. The zero-order valence-corrected chi connectivity index (χ0v) is 14.6. The first-order valence-electron chi connectivity index (χ1n) is 8.11. The number of piperidine rings is 1. The predicted octanol–water partition coefficient (Wildman–Crippen LogP) is 0.490. The molecule has 26 heavy (non-hydrogen) atoms. The highest BCUT2D eigenvalue weighted by molar-refractivity contribution is 7.89. The van der Waals surface area contributed by atoms with Crippen LogP contribution in [0.5, 0.6) is 0 Å². The molecule has 0 unspecified atom stereocenters. The standard InChI is InChI=1S/C16H18N4O5S/c21-14-10-13(18-16(23)19-14)17-15(22)11-4-6-12(7-5-11)26(24,25)20-8-2-1-3-9-20/h4-7,10H,1-3,8-9H2,(H3,17,18,19,21,22,23). The van der Waals surface area contributed by atoms with Gasteiger partial charge < -0.3 is 5.32 Å². The van der Waals surface area contributed by atoms with Crippen LogP contribution in [0.25, 0.3) is 0 Å². The Morgan fingerprint density at radius 2 is 1.65 bits per heavy atom. The molecule has 3 rings (SSSR count). The van der Waals surface area contributed by atoms with Crippen LogP contribution in [0.1, 0.15) is 29.6 Å². The summed E-state index contributed by atoms with van der Waals surface area (Å²) in [6, 6.07) is 6.56. The maximum absolute atomic E-state index is 12.6. The topological polar surface area (TPSA) is 132 Å². The second kappa shape index (κ2) is 7.26. The summed E-state index contributed by atoms with van der Waals surface area (Å²) in [5, 5.41) is 2.39. The van der Waals surface area contributed by atoms with E-state index in [-0.39, 0.29) is 16.3 Å². The Morgan fingerprint density at radius 1 is 1.00 bits per heavy atom. The van der Waals surface area contributed by atoms with Crippen molar-refractivity contribution in [2.45, 2.75) is 24.2 Å². The van der Waals surface area contributed by atoms with Crippen LogP contribution in [0.2, 0.25) is 0 Å². The van der Waals surface area contributed by atoms with Crippen molar-refractivity contribution in [2.24, 2.45) is 0 Å². The number of H-pyrrole nitrogens is 2.